The van der Waals surface area contributed by atoms with Crippen molar-refractivity contribution in [3.8, 4) is 11.4 Å². The molecule has 0 amide bonds. The minimum atomic E-state index is -0.135. The van der Waals surface area contributed by atoms with E-state index in [-0.39, 0.29) is 5.56 Å². The van der Waals surface area contributed by atoms with Crippen LogP contribution in [-0.4, -0.2) is 24.1 Å². The molecular formula is C31H29N5O. The van der Waals surface area contributed by atoms with Gasteiger partial charge in [-0.1, -0.05) is 49.7 Å². The molecule has 0 saturated carbocycles. The quantitative estimate of drug-likeness (QED) is 0.277. The minimum Gasteiger partial charge on any atom is -0.276 e. The summed E-state index contributed by atoms with van der Waals surface area (Å²) < 4.78 is 3.69. The maximum atomic E-state index is 14.2. The summed E-state index contributed by atoms with van der Waals surface area (Å²) in [6, 6.07) is 22.4. The largest absolute Gasteiger partial charge is 0.276 e. The van der Waals surface area contributed by atoms with Gasteiger partial charge in [0.2, 0.25) is 0 Å². The Balaban J connectivity index is 1.71. The summed E-state index contributed by atoms with van der Waals surface area (Å²) in [5, 5.41) is 0.481. The van der Waals surface area contributed by atoms with Gasteiger partial charge < -0.3 is 0 Å². The number of rotatable bonds is 5. The molecule has 0 unspecified atom stereocenters. The van der Waals surface area contributed by atoms with Crippen LogP contribution in [-0.2, 0) is 6.42 Å². The lowest BCUT2D eigenvalue weighted by Crippen LogP contribution is -2.23. The first-order chi connectivity index (χ1) is 18.0. The number of unbranched alkanes of at least 4 members (excludes halogenated alkanes) is 1. The molecule has 0 atom stereocenters. The number of fused-ring (bicyclic) bond motifs is 4. The van der Waals surface area contributed by atoms with Crippen LogP contribution in [0, 0.1) is 20.8 Å². The summed E-state index contributed by atoms with van der Waals surface area (Å²) in [5.74, 6) is 0.624. The van der Waals surface area contributed by atoms with Crippen LogP contribution in [0.25, 0.3) is 44.6 Å². The highest BCUT2D eigenvalue weighted by atomic mass is 16.1. The molecule has 3 aromatic heterocycles. The Bertz CT molecular complexity index is 1860. The maximum absolute atomic E-state index is 14.2. The zero-order valence-corrected chi connectivity index (χ0v) is 21.6. The molecule has 37 heavy (non-hydrogen) atoms. The van der Waals surface area contributed by atoms with Crippen LogP contribution in [0.1, 0.15) is 42.3 Å². The number of benzene rings is 3. The summed E-state index contributed by atoms with van der Waals surface area (Å²) in [7, 11) is 0. The molecule has 0 spiro atoms. The Kier molecular flexibility index (Phi) is 5.60. The molecule has 0 aliphatic heterocycles. The van der Waals surface area contributed by atoms with Crippen LogP contribution in [0.3, 0.4) is 0 Å². The summed E-state index contributed by atoms with van der Waals surface area (Å²) in [5.41, 5.74) is 8.34. The second-order valence-electron chi connectivity index (χ2n) is 9.78. The lowest BCUT2D eigenvalue weighted by molar-refractivity contribution is 0.795. The van der Waals surface area contributed by atoms with Crippen LogP contribution in [0.2, 0.25) is 0 Å². The van der Waals surface area contributed by atoms with Gasteiger partial charge in [0.15, 0.2) is 11.3 Å². The molecule has 0 N–H and O–H groups in total. The first-order valence-electron chi connectivity index (χ1n) is 12.8. The highest BCUT2D eigenvalue weighted by Gasteiger charge is 2.23. The Hall–Kier alpha value is -4.32. The highest BCUT2D eigenvalue weighted by molar-refractivity contribution is 6.06. The van der Waals surface area contributed by atoms with Crippen molar-refractivity contribution < 1.29 is 0 Å². The van der Waals surface area contributed by atoms with Crippen molar-refractivity contribution in [3.05, 3.63) is 99.6 Å². The first-order valence-corrected chi connectivity index (χ1v) is 12.8. The summed E-state index contributed by atoms with van der Waals surface area (Å²) in [4.78, 5) is 29.1. The van der Waals surface area contributed by atoms with Crippen molar-refractivity contribution in [2.75, 3.05) is 0 Å². The molecule has 0 bridgehead atoms. The van der Waals surface area contributed by atoms with Gasteiger partial charge in [-0.3, -0.25) is 13.9 Å². The van der Waals surface area contributed by atoms with Gasteiger partial charge >= 0.3 is 0 Å². The van der Waals surface area contributed by atoms with Crippen LogP contribution < -0.4 is 5.56 Å². The maximum Gasteiger partial charge on any atom is 0.269 e. The van der Waals surface area contributed by atoms with E-state index in [2.05, 4.69) is 37.3 Å². The van der Waals surface area contributed by atoms with Gasteiger partial charge in [0.05, 0.1) is 16.7 Å². The summed E-state index contributed by atoms with van der Waals surface area (Å²) in [6.07, 6.45) is 3.37. The van der Waals surface area contributed by atoms with E-state index in [4.69, 9.17) is 15.0 Å². The molecule has 3 aromatic carbocycles. The first kappa shape index (κ1) is 23.1. The average Bonchev–Trinajstić information content (AvgIpc) is 3.21. The topological polar surface area (TPSA) is 65.6 Å². The molecule has 6 nitrogen and oxygen atoms in total. The molecule has 6 rings (SSSR count). The zero-order chi connectivity index (χ0) is 25.7. The second-order valence-corrected chi connectivity index (χ2v) is 9.78. The van der Waals surface area contributed by atoms with Crippen molar-refractivity contribution in [2.24, 2.45) is 0 Å². The van der Waals surface area contributed by atoms with Crippen LogP contribution in [0.4, 0.5) is 0 Å². The van der Waals surface area contributed by atoms with E-state index in [1.165, 1.54) is 5.56 Å². The SMILES string of the molecule is CCCCc1ccc(-n2c3nc4ccccc4nc3c3c(=O)n(-c4cc(C)ccc4C)c(C)nc32)cc1. The third kappa shape index (κ3) is 3.80. The fourth-order valence-corrected chi connectivity index (χ4v) is 5.08. The lowest BCUT2D eigenvalue weighted by atomic mass is 10.1. The Morgan fingerprint density at radius 1 is 0.784 bits per heavy atom. The van der Waals surface area contributed by atoms with Gasteiger partial charge in [-0.2, -0.15) is 0 Å². The van der Waals surface area contributed by atoms with E-state index in [9.17, 15) is 4.79 Å². The van der Waals surface area contributed by atoms with Crippen molar-refractivity contribution in [1.82, 2.24) is 24.1 Å². The monoisotopic (exact) mass is 487 g/mol. The van der Waals surface area contributed by atoms with E-state index in [1.54, 1.807) is 4.57 Å². The average molecular weight is 488 g/mol. The smallest absolute Gasteiger partial charge is 0.269 e. The fourth-order valence-electron chi connectivity index (χ4n) is 5.08. The fraction of sp³-hybridized carbons (Fsp3) is 0.226. The van der Waals surface area contributed by atoms with Crippen molar-refractivity contribution in [3.63, 3.8) is 0 Å². The van der Waals surface area contributed by atoms with Gasteiger partial charge in [0.1, 0.15) is 16.7 Å². The number of aryl methyl sites for hydroxylation is 4. The molecule has 0 aliphatic rings. The van der Waals surface area contributed by atoms with E-state index in [1.807, 2.05) is 61.7 Å². The molecule has 3 heterocycles. The molecule has 0 aliphatic carbocycles. The molecule has 0 radical (unpaired) electrons. The predicted molar refractivity (Wildman–Crippen MR) is 150 cm³/mol. The summed E-state index contributed by atoms with van der Waals surface area (Å²) >= 11 is 0. The number of aromatic nitrogens is 5. The van der Waals surface area contributed by atoms with Crippen LogP contribution in [0.5, 0.6) is 0 Å². The molecule has 6 heteroatoms. The van der Waals surface area contributed by atoms with Gasteiger partial charge in [-0.25, -0.2) is 15.0 Å². The molecule has 0 fully saturated rings. The highest BCUT2D eigenvalue weighted by Crippen LogP contribution is 2.30. The number of para-hydroxylation sites is 2. The van der Waals surface area contributed by atoms with Crippen molar-refractivity contribution >= 4 is 33.2 Å². The standard InChI is InChI=1S/C31H29N5O/c1-5-6-9-22-14-16-23(17-15-22)36-29-27(28-30(36)34-25-11-8-7-10-24(25)33-28)31(37)35(21(4)32-29)26-18-19(2)12-13-20(26)3/h7-8,10-18H,5-6,9H2,1-4H3. The molecule has 0 saturated heterocycles. The van der Waals surface area contributed by atoms with Gasteiger partial charge in [0, 0.05) is 5.69 Å². The lowest BCUT2D eigenvalue weighted by Gasteiger charge is -2.14. The van der Waals surface area contributed by atoms with E-state index in [0.29, 0.717) is 28.0 Å². The van der Waals surface area contributed by atoms with E-state index < -0.39 is 0 Å². The zero-order valence-electron chi connectivity index (χ0n) is 21.6. The Labute approximate surface area is 215 Å². The normalized spacial score (nSPS) is 11.7. The number of hydrogen-bond acceptors (Lipinski definition) is 4. The molecule has 184 valence electrons. The van der Waals surface area contributed by atoms with Crippen molar-refractivity contribution in [1.29, 1.82) is 0 Å². The van der Waals surface area contributed by atoms with E-state index in [0.717, 1.165) is 52.8 Å². The third-order valence-electron chi connectivity index (χ3n) is 7.06. The third-order valence-corrected chi connectivity index (χ3v) is 7.06. The second kappa shape index (κ2) is 8.96. The van der Waals surface area contributed by atoms with Gasteiger partial charge in [-0.15, -0.1) is 0 Å². The van der Waals surface area contributed by atoms with Crippen LogP contribution >= 0.6 is 0 Å². The summed E-state index contributed by atoms with van der Waals surface area (Å²) in [6.45, 7) is 8.13. The van der Waals surface area contributed by atoms with Crippen molar-refractivity contribution in [2.45, 2.75) is 47.0 Å². The minimum absolute atomic E-state index is 0.135. The molecule has 6 aromatic rings. The van der Waals surface area contributed by atoms with Gasteiger partial charge in [-0.05, 0) is 80.6 Å². The number of hydrogen-bond donors (Lipinski definition) is 0. The number of nitrogens with zero attached hydrogens (tertiary/aromatic N) is 5. The van der Waals surface area contributed by atoms with Crippen LogP contribution in [0.15, 0.2) is 71.5 Å². The Morgan fingerprint density at radius 2 is 1.51 bits per heavy atom. The van der Waals surface area contributed by atoms with E-state index >= 15 is 0 Å². The van der Waals surface area contributed by atoms with Gasteiger partial charge in [0.25, 0.3) is 5.56 Å². The predicted octanol–water partition coefficient (Wildman–Crippen LogP) is 6.54. The molecular weight excluding hydrogens is 458 g/mol. The Morgan fingerprint density at radius 3 is 2.24 bits per heavy atom.